The van der Waals surface area contributed by atoms with Gasteiger partial charge in [0.25, 0.3) is 5.91 Å². The highest BCUT2D eigenvalue weighted by molar-refractivity contribution is 9.10. The number of nitrogens with zero attached hydrogens (tertiary/aromatic N) is 6. The van der Waals surface area contributed by atoms with Crippen LogP contribution in [0.4, 0.5) is 11.6 Å². The molecule has 0 spiro atoms. The summed E-state index contributed by atoms with van der Waals surface area (Å²) in [5, 5.41) is 0. The Bertz CT molecular complexity index is 875. The van der Waals surface area contributed by atoms with E-state index in [-0.39, 0.29) is 5.91 Å². The summed E-state index contributed by atoms with van der Waals surface area (Å²) in [7, 11) is 2.16. The number of carbonyl (C=O) groups is 1. The molecule has 0 saturated carbocycles. The fourth-order valence-corrected chi connectivity index (χ4v) is 4.24. The van der Waals surface area contributed by atoms with Crippen LogP contribution in [0.3, 0.4) is 0 Å². The van der Waals surface area contributed by atoms with Crippen molar-refractivity contribution < 1.29 is 4.79 Å². The first-order chi connectivity index (χ1) is 14.0. The van der Waals surface area contributed by atoms with E-state index in [9.17, 15) is 4.79 Å². The molecule has 7 nitrogen and oxygen atoms in total. The van der Waals surface area contributed by atoms with Gasteiger partial charge in [-0.15, -0.1) is 0 Å². The zero-order chi connectivity index (χ0) is 20.4. The maximum Gasteiger partial charge on any atom is 0.254 e. The first kappa shape index (κ1) is 20.1. The van der Waals surface area contributed by atoms with Gasteiger partial charge in [-0.3, -0.25) is 4.79 Å². The molecular formula is C21H27BrN6O. The van der Waals surface area contributed by atoms with Gasteiger partial charge in [0.2, 0.25) is 0 Å². The summed E-state index contributed by atoms with van der Waals surface area (Å²) in [6.45, 7) is 8.97. The van der Waals surface area contributed by atoms with Crippen LogP contribution in [0.5, 0.6) is 0 Å². The van der Waals surface area contributed by atoms with Crippen LogP contribution in [-0.2, 0) is 0 Å². The summed E-state index contributed by atoms with van der Waals surface area (Å²) in [4.78, 5) is 31.0. The van der Waals surface area contributed by atoms with Gasteiger partial charge in [-0.05, 0) is 32.2 Å². The van der Waals surface area contributed by atoms with E-state index >= 15 is 0 Å². The monoisotopic (exact) mass is 458 g/mol. The molecule has 8 heteroatoms. The Hall–Kier alpha value is -2.19. The van der Waals surface area contributed by atoms with Crippen molar-refractivity contribution in [3.05, 3.63) is 46.2 Å². The van der Waals surface area contributed by atoms with Gasteiger partial charge in [-0.25, -0.2) is 9.97 Å². The molecule has 0 bridgehead atoms. The Labute approximate surface area is 180 Å². The molecule has 3 heterocycles. The van der Waals surface area contributed by atoms with E-state index in [0.29, 0.717) is 13.1 Å². The van der Waals surface area contributed by atoms with Crippen molar-refractivity contribution in [1.29, 1.82) is 0 Å². The number of aromatic nitrogens is 2. The van der Waals surface area contributed by atoms with E-state index in [2.05, 4.69) is 53.7 Å². The highest BCUT2D eigenvalue weighted by Crippen LogP contribution is 2.22. The number of amides is 1. The van der Waals surface area contributed by atoms with E-state index < -0.39 is 0 Å². The lowest BCUT2D eigenvalue weighted by atomic mass is 10.2. The average molecular weight is 459 g/mol. The van der Waals surface area contributed by atoms with Crippen LogP contribution < -0.4 is 9.80 Å². The third-order valence-corrected chi connectivity index (χ3v) is 6.09. The van der Waals surface area contributed by atoms with Crippen molar-refractivity contribution in [2.24, 2.45) is 0 Å². The quantitative estimate of drug-likeness (QED) is 0.702. The van der Waals surface area contributed by atoms with Gasteiger partial charge in [0.05, 0.1) is 0 Å². The second-order valence-corrected chi connectivity index (χ2v) is 8.63. The van der Waals surface area contributed by atoms with Gasteiger partial charge in [-0.1, -0.05) is 22.0 Å². The van der Waals surface area contributed by atoms with Gasteiger partial charge in [0.1, 0.15) is 17.5 Å². The van der Waals surface area contributed by atoms with Gasteiger partial charge in [-0.2, -0.15) is 0 Å². The molecule has 2 aromatic rings. The first-order valence-electron chi connectivity index (χ1n) is 10.1. The van der Waals surface area contributed by atoms with Gasteiger partial charge < -0.3 is 19.6 Å². The lowest BCUT2D eigenvalue weighted by Gasteiger charge is -2.37. The van der Waals surface area contributed by atoms with Crippen molar-refractivity contribution in [2.75, 3.05) is 69.2 Å². The minimum Gasteiger partial charge on any atom is -0.354 e. The predicted molar refractivity (Wildman–Crippen MR) is 119 cm³/mol. The predicted octanol–water partition coefficient (Wildman–Crippen LogP) is 2.26. The Kier molecular flexibility index (Phi) is 6.01. The first-order valence-corrected chi connectivity index (χ1v) is 10.9. The minimum absolute atomic E-state index is 0.0861. The molecule has 2 aliphatic heterocycles. The van der Waals surface area contributed by atoms with Crippen LogP contribution >= 0.6 is 15.9 Å². The largest absolute Gasteiger partial charge is 0.354 e. The minimum atomic E-state index is 0.0861. The van der Waals surface area contributed by atoms with Crippen LogP contribution in [0, 0.1) is 6.92 Å². The molecule has 0 N–H and O–H groups in total. The molecule has 0 atom stereocenters. The van der Waals surface area contributed by atoms with Crippen LogP contribution in [0.1, 0.15) is 16.2 Å². The molecule has 0 aliphatic carbocycles. The summed E-state index contributed by atoms with van der Waals surface area (Å²) in [6, 6.07) is 9.69. The molecule has 0 unspecified atom stereocenters. The zero-order valence-corrected chi connectivity index (χ0v) is 18.6. The summed E-state index contributed by atoms with van der Waals surface area (Å²) in [6.07, 6.45) is 0. The number of hydrogen-bond donors (Lipinski definition) is 0. The Morgan fingerprint density at radius 2 is 1.48 bits per heavy atom. The van der Waals surface area contributed by atoms with Crippen molar-refractivity contribution in [3.63, 3.8) is 0 Å². The fourth-order valence-electron chi connectivity index (χ4n) is 3.84. The topological polar surface area (TPSA) is 55.8 Å². The summed E-state index contributed by atoms with van der Waals surface area (Å²) < 4.78 is 0.926. The van der Waals surface area contributed by atoms with Crippen molar-refractivity contribution in [1.82, 2.24) is 19.8 Å². The van der Waals surface area contributed by atoms with E-state index in [4.69, 9.17) is 0 Å². The number of rotatable bonds is 3. The van der Waals surface area contributed by atoms with Crippen molar-refractivity contribution in [2.45, 2.75) is 6.92 Å². The molecule has 2 saturated heterocycles. The molecule has 154 valence electrons. The smallest absolute Gasteiger partial charge is 0.254 e. The molecule has 2 fully saturated rings. The van der Waals surface area contributed by atoms with Gasteiger partial charge in [0.15, 0.2) is 0 Å². The normalized spacial score (nSPS) is 18.2. The molecule has 2 aliphatic rings. The van der Waals surface area contributed by atoms with Crippen LogP contribution in [0.25, 0.3) is 0 Å². The third-order valence-electron chi connectivity index (χ3n) is 5.60. The number of anilines is 2. The Morgan fingerprint density at radius 3 is 2.07 bits per heavy atom. The number of piperazine rings is 2. The van der Waals surface area contributed by atoms with Gasteiger partial charge >= 0.3 is 0 Å². The van der Waals surface area contributed by atoms with E-state index in [1.807, 2.05) is 36.1 Å². The number of halogens is 1. The summed E-state index contributed by atoms with van der Waals surface area (Å²) in [5.41, 5.74) is 0.725. The van der Waals surface area contributed by atoms with Crippen molar-refractivity contribution in [3.8, 4) is 0 Å². The van der Waals surface area contributed by atoms with Crippen LogP contribution in [0.2, 0.25) is 0 Å². The lowest BCUT2D eigenvalue weighted by Crippen LogP contribution is -2.49. The third kappa shape index (κ3) is 4.70. The Balaban J connectivity index is 1.42. The zero-order valence-electron chi connectivity index (χ0n) is 17.0. The highest BCUT2D eigenvalue weighted by atomic mass is 79.9. The molecular weight excluding hydrogens is 432 g/mol. The molecule has 1 aromatic carbocycles. The SMILES string of the molecule is Cc1nc(N2CCN(C)CC2)cc(N2CCN(C(=O)c3cccc(Br)c3)CC2)n1. The molecule has 29 heavy (non-hydrogen) atoms. The molecule has 1 amide bonds. The number of carbonyl (C=O) groups excluding carboxylic acids is 1. The number of benzene rings is 1. The molecule has 0 radical (unpaired) electrons. The van der Waals surface area contributed by atoms with Crippen LogP contribution in [-0.4, -0.2) is 85.1 Å². The molecule has 1 aromatic heterocycles. The maximum absolute atomic E-state index is 12.8. The molecule has 4 rings (SSSR count). The second kappa shape index (κ2) is 8.67. The Morgan fingerprint density at radius 1 is 0.897 bits per heavy atom. The second-order valence-electron chi connectivity index (χ2n) is 7.71. The van der Waals surface area contributed by atoms with Crippen LogP contribution in [0.15, 0.2) is 34.8 Å². The van der Waals surface area contributed by atoms with E-state index in [1.54, 1.807) is 0 Å². The summed E-state index contributed by atoms with van der Waals surface area (Å²) in [5.74, 6) is 2.85. The van der Waals surface area contributed by atoms with Gasteiger partial charge in [0, 0.05) is 68.5 Å². The fraction of sp³-hybridized carbons (Fsp3) is 0.476. The number of aryl methyl sites for hydroxylation is 1. The maximum atomic E-state index is 12.8. The standard InChI is InChI=1S/C21H27BrN6O/c1-16-23-19(26-8-6-25(2)7-9-26)15-20(24-16)27-10-12-28(13-11-27)21(29)17-4-3-5-18(22)14-17/h3-5,14-15H,6-13H2,1-2H3. The number of hydrogen-bond acceptors (Lipinski definition) is 6. The van der Waals surface area contributed by atoms with E-state index in [0.717, 1.165) is 66.8 Å². The number of likely N-dealkylation sites (N-methyl/N-ethyl adjacent to an activating group) is 1. The summed E-state index contributed by atoms with van der Waals surface area (Å²) >= 11 is 3.44. The van der Waals surface area contributed by atoms with Crippen molar-refractivity contribution >= 4 is 33.5 Å². The highest BCUT2D eigenvalue weighted by Gasteiger charge is 2.24. The lowest BCUT2D eigenvalue weighted by molar-refractivity contribution is 0.0746. The van der Waals surface area contributed by atoms with E-state index in [1.165, 1.54) is 0 Å². The average Bonchev–Trinajstić information content (AvgIpc) is 2.73.